The highest BCUT2D eigenvalue weighted by molar-refractivity contribution is 6.05. The van der Waals surface area contributed by atoms with Gasteiger partial charge in [-0.2, -0.15) is 13.2 Å². The molecule has 0 heterocycles. The van der Waals surface area contributed by atoms with E-state index in [0.29, 0.717) is 23.5 Å². The van der Waals surface area contributed by atoms with Gasteiger partial charge in [-0.15, -0.1) is 0 Å². The maximum absolute atomic E-state index is 12.9. The smallest absolute Gasteiger partial charge is 0.376 e. The Morgan fingerprint density at radius 3 is 1.97 bits per heavy atom. The number of hydrogen-bond donors (Lipinski definition) is 4. The third-order valence-corrected chi connectivity index (χ3v) is 4.77. The number of benzene rings is 3. The van der Waals surface area contributed by atoms with E-state index in [-0.39, 0.29) is 29.6 Å². The van der Waals surface area contributed by atoms with Crippen LogP contribution in [0.1, 0.15) is 33.2 Å². The van der Waals surface area contributed by atoms with Gasteiger partial charge in [0.05, 0.1) is 12.1 Å². The lowest BCUT2D eigenvalue weighted by atomic mass is 10.1. The van der Waals surface area contributed by atoms with Crippen molar-refractivity contribution in [3.05, 3.63) is 89.5 Å². The molecule has 0 aliphatic carbocycles. The van der Waals surface area contributed by atoms with Crippen LogP contribution >= 0.6 is 0 Å². The van der Waals surface area contributed by atoms with E-state index in [1.54, 1.807) is 43.3 Å². The van der Waals surface area contributed by atoms with Crippen LogP contribution in [0.25, 0.3) is 0 Å². The van der Waals surface area contributed by atoms with Crippen molar-refractivity contribution in [2.45, 2.75) is 13.1 Å². The predicted molar refractivity (Wildman–Crippen MR) is 127 cm³/mol. The first-order valence-electron chi connectivity index (χ1n) is 10.7. The fourth-order valence-electron chi connectivity index (χ4n) is 3.14. The number of halogens is 3. The second-order valence-corrected chi connectivity index (χ2v) is 7.46. The number of amides is 3. The van der Waals surface area contributed by atoms with Crippen LogP contribution in [-0.2, 0) is 11.0 Å². The zero-order valence-electron chi connectivity index (χ0n) is 18.7. The highest BCUT2D eigenvalue weighted by Gasteiger charge is 2.30. The van der Waals surface area contributed by atoms with Gasteiger partial charge >= 0.3 is 6.18 Å². The average Bonchev–Trinajstić information content (AvgIpc) is 2.83. The molecule has 0 radical (unpaired) electrons. The van der Waals surface area contributed by atoms with Gasteiger partial charge in [-0.05, 0) is 61.5 Å². The summed E-state index contributed by atoms with van der Waals surface area (Å²) in [5.74, 6) is -1.22. The SMILES string of the molecule is CCNC(=O)c1cccc(NC(=O)CNc2cccc(C(=O)Nc3cccc(C(F)(F)F)c3)c2)c1. The van der Waals surface area contributed by atoms with Crippen molar-refractivity contribution in [3.8, 4) is 0 Å². The van der Waals surface area contributed by atoms with Crippen LogP contribution < -0.4 is 21.3 Å². The van der Waals surface area contributed by atoms with E-state index >= 15 is 0 Å². The molecule has 10 heteroatoms. The predicted octanol–water partition coefficient (Wildman–Crippen LogP) is 4.76. The van der Waals surface area contributed by atoms with Crippen LogP contribution in [-0.4, -0.2) is 30.8 Å². The molecule has 3 rings (SSSR count). The molecule has 0 fully saturated rings. The number of anilines is 3. The minimum absolute atomic E-state index is 0.0115. The first-order valence-corrected chi connectivity index (χ1v) is 10.7. The lowest BCUT2D eigenvalue weighted by molar-refractivity contribution is -0.137. The van der Waals surface area contributed by atoms with Crippen molar-refractivity contribution < 1.29 is 27.6 Å². The maximum Gasteiger partial charge on any atom is 0.416 e. The molecular formula is C25H23F3N4O3. The Morgan fingerprint density at radius 2 is 1.31 bits per heavy atom. The first kappa shape index (κ1) is 25.3. The van der Waals surface area contributed by atoms with Crippen molar-refractivity contribution in [1.29, 1.82) is 0 Å². The molecule has 35 heavy (non-hydrogen) atoms. The maximum atomic E-state index is 12.9. The van der Waals surface area contributed by atoms with Gasteiger partial charge in [0.25, 0.3) is 11.8 Å². The molecule has 182 valence electrons. The summed E-state index contributed by atoms with van der Waals surface area (Å²) in [5, 5.41) is 10.7. The largest absolute Gasteiger partial charge is 0.416 e. The Hall–Kier alpha value is -4.34. The summed E-state index contributed by atoms with van der Waals surface area (Å²) < 4.78 is 38.7. The topological polar surface area (TPSA) is 99.3 Å². The first-order chi connectivity index (χ1) is 16.7. The molecule has 4 N–H and O–H groups in total. The van der Waals surface area contributed by atoms with E-state index in [2.05, 4.69) is 21.3 Å². The van der Waals surface area contributed by atoms with Gasteiger partial charge in [0, 0.05) is 34.7 Å². The molecule has 3 amide bonds. The van der Waals surface area contributed by atoms with Crippen molar-refractivity contribution in [2.24, 2.45) is 0 Å². The van der Waals surface area contributed by atoms with Crippen LogP contribution in [0.5, 0.6) is 0 Å². The van der Waals surface area contributed by atoms with E-state index in [4.69, 9.17) is 0 Å². The van der Waals surface area contributed by atoms with E-state index in [1.165, 1.54) is 24.3 Å². The third kappa shape index (κ3) is 7.32. The molecule has 0 atom stereocenters. The lowest BCUT2D eigenvalue weighted by Crippen LogP contribution is -2.24. The molecule has 3 aromatic rings. The van der Waals surface area contributed by atoms with Gasteiger partial charge in [-0.25, -0.2) is 0 Å². The van der Waals surface area contributed by atoms with Crippen LogP contribution in [0.4, 0.5) is 30.2 Å². The quantitative estimate of drug-likeness (QED) is 0.371. The zero-order valence-corrected chi connectivity index (χ0v) is 18.7. The molecule has 0 saturated heterocycles. The molecule has 3 aromatic carbocycles. The summed E-state index contributed by atoms with van der Waals surface area (Å²) >= 11 is 0. The van der Waals surface area contributed by atoms with Gasteiger partial charge in [0.1, 0.15) is 0 Å². The number of alkyl halides is 3. The molecule has 0 aliphatic rings. The highest BCUT2D eigenvalue weighted by Crippen LogP contribution is 2.30. The minimum atomic E-state index is -4.52. The van der Waals surface area contributed by atoms with E-state index in [9.17, 15) is 27.6 Å². The van der Waals surface area contributed by atoms with Crippen molar-refractivity contribution in [3.63, 3.8) is 0 Å². The zero-order chi connectivity index (χ0) is 25.4. The van der Waals surface area contributed by atoms with Crippen LogP contribution in [0.3, 0.4) is 0 Å². The molecular weight excluding hydrogens is 461 g/mol. The summed E-state index contributed by atoms with van der Waals surface area (Å²) in [5.41, 5.74) is 0.674. The number of hydrogen-bond acceptors (Lipinski definition) is 4. The Morgan fingerprint density at radius 1 is 0.743 bits per heavy atom. The molecule has 0 aliphatic heterocycles. The summed E-state index contributed by atoms with van der Waals surface area (Å²) in [6, 6.07) is 17.0. The second-order valence-electron chi connectivity index (χ2n) is 7.46. The van der Waals surface area contributed by atoms with E-state index in [1.807, 2.05) is 0 Å². The Bertz CT molecular complexity index is 1230. The van der Waals surface area contributed by atoms with Crippen LogP contribution in [0.15, 0.2) is 72.8 Å². The average molecular weight is 484 g/mol. The van der Waals surface area contributed by atoms with Crippen molar-refractivity contribution >= 4 is 34.8 Å². The minimum Gasteiger partial charge on any atom is -0.376 e. The van der Waals surface area contributed by atoms with Gasteiger partial charge < -0.3 is 21.3 Å². The fourth-order valence-corrected chi connectivity index (χ4v) is 3.14. The number of carbonyl (C=O) groups is 3. The summed E-state index contributed by atoms with van der Waals surface area (Å²) in [6.45, 7) is 2.17. The Labute approximate surface area is 199 Å². The highest BCUT2D eigenvalue weighted by atomic mass is 19.4. The van der Waals surface area contributed by atoms with Crippen LogP contribution in [0.2, 0.25) is 0 Å². The molecule has 7 nitrogen and oxygen atoms in total. The Kier molecular flexibility index (Phi) is 8.08. The number of rotatable bonds is 8. The van der Waals surface area contributed by atoms with E-state index in [0.717, 1.165) is 12.1 Å². The van der Waals surface area contributed by atoms with Crippen LogP contribution in [0, 0.1) is 0 Å². The fraction of sp³-hybridized carbons (Fsp3) is 0.160. The second kappa shape index (κ2) is 11.2. The monoisotopic (exact) mass is 484 g/mol. The normalized spacial score (nSPS) is 10.9. The molecule has 0 saturated carbocycles. The van der Waals surface area contributed by atoms with Gasteiger partial charge in [0.15, 0.2) is 0 Å². The third-order valence-electron chi connectivity index (χ3n) is 4.77. The van der Waals surface area contributed by atoms with E-state index < -0.39 is 17.6 Å². The van der Waals surface area contributed by atoms with Crippen molar-refractivity contribution in [2.75, 3.05) is 29.0 Å². The summed E-state index contributed by atoms with van der Waals surface area (Å²) in [4.78, 5) is 36.8. The van der Waals surface area contributed by atoms with Gasteiger partial charge in [-0.1, -0.05) is 18.2 Å². The Balaban J connectivity index is 1.59. The lowest BCUT2D eigenvalue weighted by Gasteiger charge is -2.11. The number of nitrogens with one attached hydrogen (secondary N) is 4. The standard InChI is InChI=1S/C25H23F3N4O3/c1-2-29-23(34)16-6-4-10-20(13-16)31-22(33)15-30-19-9-3-7-17(12-19)24(35)32-21-11-5-8-18(14-21)25(26,27)28/h3-14,30H,2,15H2,1H3,(H,29,34)(H,31,33)(H,32,35). The molecule has 0 bridgehead atoms. The molecule has 0 unspecified atom stereocenters. The molecule has 0 spiro atoms. The molecule has 0 aromatic heterocycles. The number of carbonyl (C=O) groups excluding carboxylic acids is 3. The summed E-state index contributed by atoms with van der Waals surface area (Å²) in [7, 11) is 0. The van der Waals surface area contributed by atoms with Gasteiger partial charge in [0.2, 0.25) is 5.91 Å². The van der Waals surface area contributed by atoms with Crippen molar-refractivity contribution in [1.82, 2.24) is 5.32 Å². The van der Waals surface area contributed by atoms with Gasteiger partial charge in [-0.3, -0.25) is 14.4 Å². The summed E-state index contributed by atoms with van der Waals surface area (Å²) in [6.07, 6.45) is -4.52.